The van der Waals surface area contributed by atoms with Gasteiger partial charge >= 0.3 is 0 Å². The number of aryl methyl sites for hydroxylation is 1. The van der Waals surface area contributed by atoms with E-state index in [1.165, 1.54) is 11.1 Å². The standard InChI is InChI=1S/C23H31NO2/c1-7-21(18-10-8-16(2)9-11-18)24-22(25)17(3)26-20-14-12-19(13-15-20)23(4,5)6/h8-15,17,21H,7H2,1-6H3,(H,24,25)/t17-,21+/m1/s1. The summed E-state index contributed by atoms with van der Waals surface area (Å²) in [4.78, 5) is 12.5. The van der Waals surface area contributed by atoms with Gasteiger partial charge in [-0.2, -0.15) is 0 Å². The summed E-state index contributed by atoms with van der Waals surface area (Å²) in [5.74, 6) is 0.612. The van der Waals surface area contributed by atoms with Gasteiger partial charge in [0.05, 0.1) is 6.04 Å². The molecule has 0 aliphatic rings. The van der Waals surface area contributed by atoms with Crippen LogP contribution in [0.2, 0.25) is 0 Å². The zero-order valence-corrected chi connectivity index (χ0v) is 16.8. The molecular formula is C23H31NO2. The third-order valence-electron chi connectivity index (χ3n) is 4.61. The second-order valence-corrected chi connectivity index (χ2v) is 7.91. The molecule has 0 aromatic heterocycles. The Morgan fingerprint density at radius 3 is 2.12 bits per heavy atom. The van der Waals surface area contributed by atoms with Crippen LogP contribution in [-0.4, -0.2) is 12.0 Å². The first-order valence-corrected chi connectivity index (χ1v) is 9.35. The van der Waals surface area contributed by atoms with Crippen LogP contribution in [0, 0.1) is 6.92 Å². The molecule has 0 fully saturated rings. The Labute approximate surface area is 157 Å². The minimum absolute atomic E-state index is 0.00239. The highest BCUT2D eigenvalue weighted by molar-refractivity contribution is 5.81. The fraction of sp³-hybridized carbons (Fsp3) is 0.435. The third-order valence-corrected chi connectivity index (χ3v) is 4.61. The van der Waals surface area contributed by atoms with Crippen molar-refractivity contribution >= 4 is 5.91 Å². The van der Waals surface area contributed by atoms with E-state index in [-0.39, 0.29) is 17.4 Å². The minimum Gasteiger partial charge on any atom is -0.481 e. The number of benzene rings is 2. The second kappa shape index (κ2) is 8.39. The number of carbonyl (C=O) groups excluding carboxylic acids is 1. The number of carbonyl (C=O) groups is 1. The highest BCUT2D eigenvalue weighted by Gasteiger charge is 2.20. The first-order chi connectivity index (χ1) is 12.2. The molecule has 1 N–H and O–H groups in total. The number of rotatable bonds is 6. The van der Waals surface area contributed by atoms with E-state index in [1.807, 2.05) is 12.1 Å². The van der Waals surface area contributed by atoms with Gasteiger partial charge in [-0.25, -0.2) is 0 Å². The summed E-state index contributed by atoms with van der Waals surface area (Å²) in [6.07, 6.45) is 0.289. The van der Waals surface area contributed by atoms with E-state index in [9.17, 15) is 4.79 Å². The van der Waals surface area contributed by atoms with E-state index < -0.39 is 6.10 Å². The molecule has 0 bridgehead atoms. The average molecular weight is 354 g/mol. The molecule has 2 aromatic rings. The Hall–Kier alpha value is -2.29. The van der Waals surface area contributed by atoms with Crippen molar-refractivity contribution in [1.82, 2.24) is 5.32 Å². The Balaban J connectivity index is 1.99. The van der Waals surface area contributed by atoms with E-state index in [2.05, 4.69) is 76.3 Å². The van der Waals surface area contributed by atoms with Crippen molar-refractivity contribution in [3.05, 3.63) is 65.2 Å². The van der Waals surface area contributed by atoms with Crippen molar-refractivity contribution in [2.75, 3.05) is 0 Å². The van der Waals surface area contributed by atoms with Gasteiger partial charge in [-0.15, -0.1) is 0 Å². The number of amides is 1. The maximum atomic E-state index is 12.5. The minimum atomic E-state index is -0.546. The molecule has 0 saturated heterocycles. The van der Waals surface area contributed by atoms with Crippen molar-refractivity contribution in [1.29, 1.82) is 0 Å². The van der Waals surface area contributed by atoms with E-state index in [0.717, 1.165) is 12.0 Å². The molecule has 0 unspecified atom stereocenters. The van der Waals surface area contributed by atoms with Crippen molar-refractivity contribution in [2.45, 2.75) is 65.5 Å². The summed E-state index contributed by atoms with van der Waals surface area (Å²) in [6, 6.07) is 16.3. The maximum absolute atomic E-state index is 12.5. The topological polar surface area (TPSA) is 38.3 Å². The maximum Gasteiger partial charge on any atom is 0.261 e. The predicted octanol–water partition coefficient (Wildman–Crippen LogP) is 5.33. The highest BCUT2D eigenvalue weighted by Crippen LogP contribution is 2.25. The van der Waals surface area contributed by atoms with Crippen molar-refractivity contribution in [2.24, 2.45) is 0 Å². The third kappa shape index (κ3) is 5.35. The fourth-order valence-corrected chi connectivity index (χ4v) is 2.80. The van der Waals surface area contributed by atoms with Crippen LogP contribution in [0.25, 0.3) is 0 Å². The zero-order valence-electron chi connectivity index (χ0n) is 16.8. The van der Waals surface area contributed by atoms with Crippen LogP contribution in [0.5, 0.6) is 5.75 Å². The number of nitrogens with one attached hydrogen (secondary N) is 1. The van der Waals surface area contributed by atoms with Crippen LogP contribution in [0.15, 0.2) is 48.5 Å². The largest absolute Gasteiger partial charge is 0.481 e. The lowest BCUT2D eigenvalue weighted by Gasteiger charge is -2.22. The molecule has 2 rings (SSSR count). The van der Waals surface area contributed by atoms with Crippen molar-refractivity contribution in [3.63, 3.8) is 0 Å². The molecule has 0 spiro atoms. The quantitative estimate of drug-likeness (QED) is 0.762. The molecule has 26 heavy (non-hydrogen) atoms. The zero-order chi connectivity index (χ0) is 19.3. The first kappa shape index (κ1) is 20.0. The molecule has 2 aromatic carbocycles. The molecule has 0 radical (unpaired) electrons. The lowest BCUT2D eigenvalue weighted by atomic mass is 9.87. The number of hydrogen-bond donors (Lipinski definition) is 1. The Bertz CT molecular complexity index is 711. The van der Waals surface area contributed by atoms with E-state index in [0.29, 0.717) is 5.75 Å². The lowest BCUT2D eigenvalue weighted by molar-refractivity contribution is -0.128. The van der Waals surface area contributed by atoms with Crippen LogP contribution in [0.4, 0.5) is 0 Å². The Kier molecular flexibility index (Phi) is 6.47. The molecule has 0 heterocycles. The molecule has 0 saturated carbocycles. The summed E-state index contributed by atoms with van der Waals surface area (Å²) >= 11 is 0. The number of ether oxygens (including phenoxy) is 1. The van der Waals surface area contributed by atoms with Gasteiger partial charge in [-0.3, -0.25) is 4.79 Å². The molecule has 0 aliphatic carbocycles. The smallest absolute Gasteiger partial charge is 0.261 e. The predicted molar refractivity (Wildman–Crippen MR) is 108 cm³/mol. The molecule has 140 valence electrons. The van der Waals surface area contributed by atoms with Crippen LogP contribution < -0.4 is 10.1 Å². The summed E-state index contributed by atoms with van der Waals surface area (Å²) in [7, 11) is 0. The van der Waals surface area contributed by atoms with Gasteiger partial charge in [0.15, 0.2) is 6.10 Å². The summed E-state index contributed by atoms with van der Waals surface area (Å²) < 4.78 is 5.83. The summed E-state index contributed by atoms with van der Waals surface area (Å²) in [5.41, 5.74) is 3.68. The van der Waals surface area contributed by atoms with Crippen molar-refractivity contribution in [3.8, 4) is 5.75 Å². The Morgan fingerprint density at radius 2 is 1.62 bits per heavy atom. The SMILES string of the molecule is CC[C@H](NC(=O)[C@@H](C)Oc1ccc(C(C)(C)C)cc1)c1ccc(C)cc1. The molecular weight excluding hydrogens is 322 g/mol. The van der Waals surface area contributed by atoms with Gasteiger partial charge < -0.3 is 10.1 Å². The van der Waals surface area contributed by atoms with E-state index in [1.54, 1.807) is 6.92 Å². The van der Waals surface area contributed by atoms with Crippen LogP contribution in [0.3, 0.4) is 0 Å². The molecule has 1 amide bonds. The molecule has 3 nitrogen and oxygen atoms in total. The molecule has 2 atom stereocenters. The fourth-order valence-electron chi connectivity index (χ4n) is 2.80. The van der Waals surface area contributed by atoms with Crippen molar-refractivity contribution < 1.29 is 9.53 Å². The van der Waals surface area contributed by atoms with E-state index in [4.69, 9.17) is 4.74 Å². The van der Waals surface area contributed by atoms with E-state index >= 15 is 0 Å². The Morgan fingerprint density at radius 1 is 1.04 bits per heavy atom. The highest BCUT2D eigenvalue weighted by atomic mass is 16.5. The van der Waals surface area contributed by atoms with Crippen LogP contribution >= 0.6 is 0 Å². The lowest BCUT2D eigenvalue weighted by Crippen LogP contribution is -2.38. The normalized spacial score (nSPS) is 13.8. The van der Waals surface area contributed by atoms with Gasteiger partial charge in [-0.1, -0.05) is 69.7 Å². The molecule has 0 aliphatic heterocycles. The van der Waals surface area contributed by atoms with Gasteiger partial charge in [0.25, 0.3) is 5.91 Å². The van der Waals surface area contributed by atoms with Gasteiger partial charge in [-0.05, 0) is 48.9 Å². The second-order valence-electron chi connectivity index (χ2n) is 7.91. The monoisotopic (exact) mass is 353 g/mol. The summed E-state index contributed by atoms with van der Waals surface area (Å²) in [6.45, 7) is 12.4. The van der Waals surface area contributed by atoms with Gasteiger partial charge in [0, 0.05) is 0 Å². The van der Waals surface area contributed by atoms with Crippen LogP contribution in [0.1, 0.15) is 63.8 Å². The van der Waals surface area contributed by atoms with Gasteiger partial charge in [0.2, 0.25) is 0 Å². The number of hydrogen-bond acceptors (Lipinski definition) is 2. The molecule has 3 heteroatoms. The average Bonchev–Trinajstić information content (AvgIpc) is 2.60. The first-order valence-electron chi connectivity index (χ1n) is 9.35. The van der Waals surface area contributed by atoms with Gasteiger partial charge in [0.1, 0.15) is 5.75 Å². The van der Waals surface area contributed by atoms with Crippen LogP contribution in [-0.2, 0) is 10.2 Å². The summed E-state index contributed by atoms with van der Waals surface area (Å²) in [5, 5.41) is 3.09.